The molecule has 0 aromatic carbocycles. The van der Waals surface area contributed by atoms with Gasteiger partial charge in [0.2, 0.25) is 0 Å². The van der Waals surface area contributed by atoms with Gasteiger partial charge >= 0.3 is 5.97 Å². The van der Waals surface area contributed by atoms with Crippen LogP contribution in [0.3, 0.4) is 0 Å². The van der Waals surface area contributed by atoms with Crippen LogP contribution in [0.1, 0.15) is 12.8 Å². The summed E-state index contributed by atoms with van der Waals surface area (Å²) >= 11 is 0. The van der Waals surface area contributed by atoms with E-state index in [1.807, 2.05) is 19.0 Å². The maximum Gasteiger partial charge on any atom is 0.311 e. The van der Waals surface area contributed by atoms with Crippen molar-refractivity contribution in [3.05, 3.63) is 0 Å². The van der Waals surface area contributed by atoms with Crippen LogP contribution in [0, 0.1) is 5.41 Å². The largest absolute Gasteiger partial charge is 0.481 e. The van der Waals surface area contributed by atoms with Crippen LogP contribution in [0.2, 0.25) is 0 Å². The van der Waals surface area contributed by atoms with E-state index in [0.717, 1.165) is 25.9 Å². The summed E-state index contributed by atoms with van der Waals surface area (Å²) in [5.74, 6) is -0.650. The fourth-order valence-electron chi connectivity index (χ4n) is 1.95. The first-order valence-electron chi connectivity index (χ1n) is 4.66. The standard InChI is InChI=1S/C9H18N2O2/c1-11(2)7-9(8(12)13)3-5-10-6-4-9/h10H,3-7H2,1-2H3,(H,12,13). The lowest BCUT2D eigenvalue weighted by Crippen LogP contribution is -2.47. The molecule has 4 nitrogen and oxygen atoms in total. The number of aliphatic carboxylic acids is 1. The average Bonchev–Trinajstić information content (AvgIpc) is 2.04. The average molecular weight is 186 g/mol. The van der Waals surface area contributed by atoms with Crippen LogP contribution in [0.5, 0.6) is 0 Å². The van der Waals surface area contributed by atoms with Gasteiger partial charge in [0.25, 0.3) is 0 Å². The second kappa shape index (κ2) is 4.07. The zero-order valence-corrected chi connectivity index (χ0v) is 8.34. The Bertz CT molecular complexity index is 186. The van der Waals surface area contributed by atoms with Crippen molar-refractivity contribution in [2.45, 2.75) is 12.8 Å². The first-order chi connectivity index (χ1) is 6.07. The second-order valence-corrected chi connectivity index (χ2v) is 4.07. The van der Waals surface area contributed by atoms with Gasteiger partial charge in [-0.25, -0.2) is 0 Å². The molecule has 0 bridgehead atoms. The molecule has 0 unspecified atom stereocenters. The molecule has 0 radical (unpaired) electrons. The Kier molecular flexibility index (Phi) is 3.27. The third-order valence-electron chi connectivity index (χ3n) is 2.63. The van der Waals surface area contributed by atoms with Gasteiger partial charge in [-0.1, -0.05) is 0 Å². The highest BCUT2D eigenvalue weighted by molar-refractivity contribution is 5.75. The zero-order chi connectivity index (χ0) is 9.90. The van der Waals surface area contributed by atoms with E-state index >= 15 is 0 Å². The number of hydrogen-bond donors (Lipinski definition) is 2. The summed E-state index contributed by atoms with van der Waals surface area (Å²) in [7, 11) is 3.85. The van der Waals surface area contributed by atoms with Crippen LogP contribution in [-0.4, -0.2) is 49.7 Å². The van der Waals surface area contributed by atoms with Crippen LogP contribution in [0.15, 0.2) is 0 Å². The number of hydrogen-bond acceptors (Lipinski definition) is 3. The van der Waals surface area contributed by atoms with Gasteiger partial charge in [0.1, 0.15) is 0 Å². The number of carboxylic acids is 1. The fraction of sp³-hybridized carbons (Fsp3) is 0.889. The molecule has 0 aromatic heterocycles. The van der Waals surface area contributed by atoms with E-state index in [1.54, 1.807) is 0 Å². The number of rotatable bonds is 3. The van der Waals surface area contributed by atoms with Crippen molar-refractivity contribution < 1.29 is 9.90 Å². The molecule has 76 valence electrons. The highest BCUT2D eigenvalue weighted by Gasteiger charge is 2.39. The monoisotopic (exact) mass is 186 g/mol. The van der Waals surface area contributed by atoms with Crippen LogP contribution in [0.4, 0.5) is 0 Å². The predicted molar refractivity (Wildman–Crippen MR) is 50.7 cm³/mol. The molecule has 2 N–H and O–H groups in total. The van der Waals surface area contributed by atoms with Crippen LogP contribution < -0.4 is 5.32 Å². The molecular weight excluding hydrogens is 168 g/mol. The van der Waals surface area contributed by atoms with Gasteiger partial charge in [-0.3, -0.25) is 4.79 Å². The molecule has 0 spiro atoms. The van der Waals surface area contributed by atoms with Crippen molar-refractivity contribution in [1.82, 2.24) is 10.2 Å². The summed E-state index contributed by atoms with van der Waals surface area (Å²) in [6.45, 7) is 2.28. The third-order valence-corrected chi connectivity index (χ3v) is 2.63. The van der Waals surface area contributed by atoms with Crippen LogP contribution in [-0.2, 0) is 4.79 Å². The number of carbonyl (C=O) groups is 1. The molecule has 0 atom stereocenters. The summed E-state index contributed by atoms with van der Waals surface area (Å²) in [5.41, 5.74) is -0.519. The minimum atomic E-state index is -0.650. The van der Waals surface area contributed by atoms with Gasteiger partial charge in [-0.15, -0.1) is 0 Å². The van der Waals surface area contributed by atoms with Crippen molar-refractivity contribution in [2.75, 3.05) is 33.7 Å². The molecule has 1 rings (SSSR count). The molecule has 1 aliphatic rings. The highest BCUT2D eigenvalue weighted by Crippen LogP contribution is 2.29. The lowest BCUT2D eigenvalue weighted by molar-refractivity contribution is -0.151. The van der Waals surface area contributed by atoms with E-state index in [2.05, 4.69) is 5.32 Å². The van der Waals surface area contributed by atoms with Crippen molar-refractivity contribution in [2.24, 2.45) is 5.41 Å². The van der Waals surface area contributed by atoms with E-state index in [1.165, 1.54) is 0 Å². The molecule has 0 amide bonds. The van der Waals surface area contributed by atoms with Gasteiger partial charge in [0.05, 0.1) is 5.41 Å². The molecule has 0 aliphatic carbocycles. The number of nitrogens with zero attached hydrogens (tertiary/aromatic N) is 1. The first kappa shape index (κ1) is 10.5. The SMILES string of the molecule is CN(C)CC1(C(=O)O)CCNCC1. The lowest BCUT2D eigenvalue weighted by atomic mass is 9.78. The Morgan fingerprint density at radius 3 is 2.38 bits per heavy atom. The van der Waals surface area contributed by atoms with Gasteiger partial charge in [0.15, 0.2) is 0 Å². The molecule has 4 heteroatoms. The van der Waals surface area contributed by atoms with Crippen molar-refractivity contribution in [1.29, 1.82) is 0 Å². The number of piperidine rings is 1. The Morgan fingerprint density at radius 2 is 2.00 bits per heavy atom. The first-order valence-corrected chi connectivity index (χ1v) is 4.66. The topological polar surface area (TPSA) is 52.6 Å². The van der Waals surface area contributed by atoms with E-state index in [9.17, 15) is 9.90 Å². The predicted octanol–water partition coefficient (Wildman–Crippen LogP) is 0.00240. The Hall–Kier alpha value is -0.610. The van der Waals surface area contributed by atoms with E-state index in [0.29, 0.717) is 6.54 Å². The summed E-state index contributed by atoms with van der Waals surface area (Å²) < 4.78 is 0. The minimum Gasteiger partial charge on any atom is -0.481 e. The Balaban J connectivity index is 2.67. The molecule has 1 heterocycles. The number of nitrogens with one attached hydrogen (secondary N) is 1. The normalized spacial score (nSPS) is 21.8. The Labute approximate surface area is 78.9 Å². The molecule has 1 fully saturated rings. The van der Waals surface area contributed by atoms with Crippen molar-refractivity contribution in [3.8, 4) is 0 Å². The lowest BCUT2D eigenvalue weighted by Gasteiger charge is -2.35. The van der Waals surface area contributed by atoms with Gasteiger partial charge in [0, 0.05) is 6.54 Å². The van der Waals surface area contributed by atoms with Crippen LogP contribution in [0.25, 0.3) is 0 Å². The molecular formula is C9H18N2O2. The van der Waals surface area contributed by atoms with E-state index in [4.69, 9.17) is 0 Å². The second-order valence-electron chi connectivity index (χ2n) is 4.07. The molecule has 1 aliphatic heterocycles. The summed E-state index contributed by atoms with van der Waals surface area (Å²) in [4.78, 5) is 13.1. The molecule has 0 saturated carbocycles. The number of carboxylic acid groups (broad SMARTS) is 1. The van der Waals surface area contributed by atoms with Crippen LogP contribution >= 0.6 is 0 Å². The molecule has 13 heavy (non-hydrogen) atoms. The summed E-state index contributed by atoms with van der Waals surface area (Å²) in [6, 6.07) is 0. The van der Waals surface area contributed by atoms with E-state index < -0.39 is 11.4 Å². The van der Waals surface area contributed by atoms with Crippen molar-refractivity contribution >= 4 is 5.97 Å². The maximum absolute atomic E-state index is 11.2. The molecule has 1 saturated heterocycles. The Morgan fingerprint density at radius 1 is 1.46 bits per heavy atom. The maximum atomic E-state index is 11.2. The van der Waals surface area contributed by atoms with E-state index in [-0.39, 0.29) is 0 Å². The third kappa shape index (κ3) is 2.42. The summed E-state index contributed by atoms with van der Waals surface area (Å²) in [6.07, 6.45) is 1.47. The van der Waals surface area contributed by atoms with Gasteiger partial charge < -0.3 is 15.3 Å². The highest BCUT2D eigenvalue weighted by atomic mass is 16.4. The van der Waals surface area contributed by atoms with Gasteiger partial charge in [-0.05, 0) is 40.0 Å². The van der Waals surface area contributed by atoms with Gasteiger partial charge in [-0.2, -0.15) is 0 Å². The fourth-order valence-corrected chi connectivity index (χ4v) is 1.95. The van der Waals surface area contributed by atoms with Crippen molar-refractivity contribution in [3.63, 3.8) is 0 Å². The summed E-state index contributed by atoms with van der Waals surface area (Å²) in [5, 5.41) is 12.4. The quantitative estimate of drug-likeness (QED) is 0.651. The smallest absolute Gasteiger partial charge is 0.311 e. The molecule has 0 aromatic rings. The zero-order valence-electron chi connectivity index (χ0n) is 8.34. The minimum absolute atomic E-state index is 0.519.